The number of aryl methyl sites for hydroxylation is 2. The average molecular weight is 519 g/mol. The van der Waals surface area contributed by atoms with E-state index in [4.69, 9.17) is 15.9 Å². The normalized spacial score (nSPS) is 15.7. The summed E-state index contributed by atoms with van der Waals surface area (Å²) in [5.41, 5.74) is 13.7. The van der Waals surface area contributed by atoms with E-state index >= 15 is 0 Å². The number of aliphatic imine (C=N–C) groups is 2. The first-order valence-corrected chi connectivity index (χ1v) is 12.5. The summed E-state index contributed by atoms with van der Waals surface area (Å²) in [5, 5.41) is 10.9. The van der Waals surface area contributed by atoms with Gasteiger partial charge in [-0.1, -0.05) is 19.9 Å². The predicted molar refractivity (Wildman–Crippen MR) is 147 cm³/mol. The number of aromatic hydroxyl groups is 1. The molecule has 11 nitrogen and oxygen atoms in total. The molecule has 1 saturated heterocycles. The molecule has 0 aliphatic carbocycles. The van der Waals surface area contributed by atoms with Crippen molar-refractivity contribution in [3.63, 3.8) is 0 Å². The number of hydrogen-bond donors (Lipinski definition) is 3. The van der Waals surface area contributed by atoms with Gasteiger partial charge in [-0.3, -0.25) is 9.79 Å². The number of phenols is 1. The van der Waals surface area contributed by atoms with Crippen LogP contribution in [-0.2, 0) is 0 Å². The topological polar surface area (TPSA) is 159 Å². The van der Waals surface area contributed by atoms with Gasteiger partial charge < -0.3 is 30.8 Å². The Bertz CT molecular complexity index is 1320. The van der Waals surface area contributed by atoms with E-state index in [-0.39, 0.29) is 46.5 Å². The molecular formula is C27H34N8O3. The van der Waals surface area contributed by atoms with Gasteiger partial charge in [0.05, 0.1) is 5.56 Å². The molecule has 1 aliphatic heterocycles. The Morgan fingerprint density at radius 1 is 1.05 bits per heavy atom. The minimum Gasteiger partial charge on any atom is -0.505 e. The van der Waals surface area contributed by atoms with Gasteiger partial charge in [0.15, 0.2) is 17.4 Å². The first-order chi connectivity index (χ1) is 18.2. The highest BCUT2D eigenvalue weighted by molar-refractivity contribution is 6.39. The number of phenolic OH excluding ortho intramolecular Hbond substituents is 1. The molecule has 0 unspecified atom stereocenters. The molecule has 38 heavy (non-hydrogen) atoms. The lowest BCUT2D eigenvalue weighted by Crippen LogP contribution is -2.49. The monoisotopic (exact) mass is 518 g/mol. The predicted octanol–water partition coefficient (Wildman–Crippen LogP) is 3.10. The van der Waals surface area contributed by atoms with Crippen molar-refractivity contribution in [3.8, 4) is 5.75 Å². The maximum absolute atomic E-state index is 13.2. The van der Waals surface area contributed by atoms with Crippen molar-refractivity contribution < 1.29 is 14.3 Å². The Morgan fingerprint density at radius 2 is 1.74 bits per heavy atom. The van der Waals surface area contributed by atoms with Crippen LogP contribution in [0.2, 0.25) is 0 Å². The number of para-hydroxylation sites is 1. The number of anilines is 1. The Balaban J connectivity index is 1.50. The summed E-state index contributed by atoms with van der Waals surface area (Å²) in [5.74, 6) is 1.64. The zero-order valence-corrected chi connectivity index (χ0v) is 22.1. The third-order valence-corrected chi connectivity index (χ3v) is 6.54. The van der Waals surface area contributed by atoms with E-state index in [2.05, 4.69) is 20.0 Å². The maximum atomic E-state index is 13.2. The standard InChI is InChI=1S/C27H34N8O3/c1-16(2)22(21-15-17(3)18(4)38-21)33-25(29)24(28)32-20-8-5-7-19(23(20)36)26(37)34-11-13-35(14-12-34)27-30-9-6-10-31-27/h5-10,15-16,22,36H,11-14H2,1-4H3,(H2,28,32)(H2,29,33)/t22-/m1/s1. The molecule has 0 bridgehead atoms. The van der Waals surface area contributed by atoms with Crippen LogP contribution in [0.3, 0.4) is 0 Å². The van der Waals surface area contributed by atoms with Crippen molar-refractivity contribution in [2.24, 2.45) is 27.4 Å². The van der Waals surface area contributed by atoms with E-state index in [1.165, 1.54) is 0 Å². The van der Waals surface area contributed by atoms with Gasteiger partial charge >= 0.3 is 0 Å². The highest BCUT2D eigenvalue weighted by Gasteiger charge is 2.26. The minimum atomic E-state index is -0.349. The van der Waals surface area contributed by atoms with Gasteiger partial charge in [0, 0.05) is 38.6 Å². The molecule has 5 N–H and O–H groups in total. The number of amidine groups is 2. The first-order valence-electron chi connectivity index (χ1n) is 12.5. The fourth-order valence-corrected chi connectivity index (χ4v) is 4.22. The molecule has 200 valence electrons. The van der Waals surface area contributed by atoms with Crippen molar-refractivity contribution in [2.45, 2.75) is 33.7 Å². The number of piperazine rings is 1. The van der Waals surface area contributed by atoms with Crippen LogP contribution in [0.4, 0.5) is 11.6 Å². The number of hydrogen-bond acceptors (Lipinski definition) is 8. The molecular weight excluding hydrogens is 484 g/mol. The minimum absolute atomic E-state index is 0.0192. The van der Waals surface area contributed by atoms with Gasteiger partial charge in [-0.25, -0.2) is 15.0 Å². The second kappa shape index (κ2) is 11.3. The molecule has 1 aliphatic rings. The highest BCUT2D eigenvalue weighted by Crippen LogP contribution is 2.32. The van der Waals surface area contributed by atoms with Crippen LogP contribution in [0.5, 0.6) is 5.75 Å². The fraction of sp³-hybridized carbons (Fsp3) is 0.370. The van der Waals surface area contributed by atoms with E-state index in [9.17, 15) is 9.90 Å². The third kappa shape index (κ3) is 5.77. The summed E-state index contributed by atoms with van der Waals surface area (Å²) >= 11 is 0. The lowest BCUT2D eigenvalue weighted by molar-refractivity contribution is 0.0743. The van der Waals surface area contributed by atoms with Gasteiger partial charge in [0.25, 0.3) is 5.91 Å². The number of amides is 1. The van der Waals surface area contributed by atoms with Crippen LogP contribution < -0.4 is 16.4 Å². The zero-order chi connectivity index (χ0) is 27.4. The highest BCUT2D eigenvalue weighted by atomic mass is 16.3. The second-order valence-corrected chi connectivity index (χ2v) is 9.59. The number of nitrogens with two attached hydrogens (primary N) is 2. The van der Waals surface area contributed by atoms with Crippen molar-refractivity contribution >= 4 is 29.2 Å². The van der Waals surface area contributed by atoms with Crippen LogP contribution in [0, 0.1) is 19.8 Å². The second-order valence-electron chi connectivity index (χ2n) is 9.59. The molecule has 1 aromatic carbocycles. The third-order valence-electron chi connectivity index (χ3n) is 6.54. The van der Waals surface area contributed by atoms with E-state index in [1.807, 2.05) is 38.7 Å². The van der Waals surface area contributed by atoms with Crippen LogP contribution in [0.15, 0.2) is 57.1 Å². The Labute approximate surface area is 221 Å². The number of furan rings is 1. The Kier molecular flexibility index (Phi) is 7.94. The number of rotatable bonds is 6. The fourth-order valence-electron chi connectivity index (χ4n) is 4.22. The Hall–Kier alpha value is -4.41. The summed E-state index contributed by atoms with van der Waals surface area (Å²) in [6, 6.07) is 8.13. The first kappa shape index (κ1) is 26.6. The molecule has 3 aromatic rings. The molecule has 1 fully saturated rings. The molecule has 2 aromatic heterocycles. The summed E-state index contributed by atoms with van der Waals surface area (Å²) in [7, 11) is 0. The largest absolute Gasteiger partial charge is 0.505 e. The van der Waals surface area contributed by atoms with Crippen LogP contribution in [0.25, 0.3) is 0 Å². The molecule has 3 heterocycles. The van der Waals surface area contributed by atoms with Crippen molar-refractivity contribution in [1.82, 2.24) is 14.9 Å². The van der Waals surface area contributed by atoms with Crippen molar-refractivity contribution in [2.75, 3.05) is 31.1 Å². The molecule has 0 radical (unpaired) electrons. The quantitative estimate of drug-likeness (QED) is 0.331. The van der Waals surface area contributed by atoms with Crippen LogP contribution in [0.1, 0.15) is 47.3 Å². The van der Waals surface area contributed by atoms with Crippen LogP contribution >= 0.6 is 0 Å². The zero-order valence-electron chi connectivity index (χ0n) is 22.1. The van der Waals surface area contributed by atoms with E-state index in [1.54, 1.807) is 41.6 Å². The van der Waals surface area contributed by atoms with Gasteiger partial charge in [0.1, 0.15) is 23.2 Å². The lowest BCUT2D eigenvalue weighted by atomic mass is 10.0. The number of aromatic nitrogens is 2. The van der Waals surface area contributed by atoms with Gasteiger partial charge in [-0.15, -0.1) is 0 Å². The smallest absolute Gasteiger partial charge is 0.257 e. The SMILES string of the molecule is Cc1cc([C@H](N=C(N)C(N)=Nc2cccc(C(=O)N3CCN(c4ncccn4)CC3)c2O)C(C)C)oc1C. The summed E-state index contributed by atoms with van der Waals surface area (Å²) in [6.45, 7) is 9.98. The maximum Gasteiger partial charge on any atom is 0.257 e. The van der Waals surface area contributed by atoms with Gasteiger partial charge in [-0.05, 0) is 49.6 Å². The summed E-state index contributed by atoms with van der Waals surface area (Å²) < 4.78 is 5.85. The number of carbonyl (C=O) groups excluding carboxylic acids is 1. The van der Waals surface area contributed by atoms with Crippen LogP contribution in [-0.4, -0.2) is 63.7 Å². The van der Waals surface area contributed by atoms with E-state index < -0.39 is 0 Å². The van der Waals surface area contributed by atoms with E-state index in [0.29, 0.717) is 37.9 Å². The van der Waals surface area contributed by atoms with Gasteiger partial charge in [0.2, 0.25) is 5.95 Å². The van der Waals surface area contributed by atoms with E-state index in [0.717, 1.165) is 11.3 Å². The molecule has 1 amide bonds. The summed E-state index contributed by atoms with van der Waals surface area (Å²) in [6.07, 6.45) is 3.38. The Morgan fingerprint density at radius 3 is 2.34 bits per heavy atom. The van der Waals surface area contributed by atoms with Crippen molar-refractivity contribution in [1.29, 1.82) is 0 Å². The number of carbonyl (C=O) groups is 1. The molecule has 0 spiro atoms. The van der Waals surface area contributed by atoms with Gasteiger partial charge in [-0.2, -0.15) is 0 Å². The summed E-state index contributed by atoms with van der Waals surface area (Å²) in [4.78, 5) is 34.3. The molecule has 4 rings (SSSR count). The average Bonchev–Trinajstić information content (AvgIpc) is 3.25. The number of nitrogens with zero attached hydrogens (tertiary/aromatic N) is 6. The molecule has 1 atom stereocenters. The van der Waals surface area contributed by atoms with Crippen molar-refractivity contribution in [3.05, 3.63) is 65.4 Å². The molecule has 0 saturated carbocycles. The number of benzene rings is 1. The molecule has 11 heteroatoms. The lowest BCUT2D eigenvalue weighted by Gasteiger charge is -2.34.